The zero-order chi connectivity index (χ0) is 18.1. The predicted molar refractivity (Wildman–Crippen MR) is 95.7 cm³/mol. The molecule has 2 rings (SSSR count). The van der Waals surface area contributed by atoms with E-state index in [4.69, 9.17) is 9.47 Å². The number of guanidine groups is 1. The summed E-state index contributed by atoms with van der Waals surface area (Å²) in [4.78, 5) is 21.9. The van der Waals surface area contributed by atoms with Crippen LogP contribution in [0.3, 0.4) is 0 Å². The molecule has 0 radical (unpaired) electrons. The highest BCUT2D eigenvalue weighted by Gasteiger charge is 2.23. The summed E-state index contributed by atoms with van der Waals surface area (Å²) >= 11 is 0. The monoisotopic (exact) mass is 349 g/mol. The van der Waals surface area contributed by atoms with Gasteiger partial charge in [-0.1, -0.05) is 6.07 Å². The summed E-state index contributed by atoms with van der Waals surface area (Å²) < 4.78 is 10.1. The average molecular weight is 349 g/mol. The Morgan fingerprint density at radius 2 is 2.16 bits per heavy atom. The highest BCUT2D eigenvalue weighted by Crippen LogP contribution is 2.11. The first-order valence-electron chi connectivity index (χ1n) is 8.54. The molecule has 1 amide bonds. The van der Waals surface area contributed by atoms with Crippen molar-refractivity contribution in [2.24, 2.45) is 4.99 Å². The van der Waals surface area contributed by atoms with Gasteiger partial charge in [-0.3, -0.25) is 4.99 Å². The summed E-state index contributed by atoms with van der Waals surface area (Å²) in [5.41, 5.74) is 1.04. The Kier molecular flexibility index (Phi) is 7.31. The van der Waals surface area contributed by atoms with Gasteiger partial charge >= 0.3 is 6.09 Å². The van der Waals surface area contributed by atoms with E-state index in [1.165, 1.54) is 0 Å². The number of rotatable bonds is 5. The summed E-state index contributed by atoms with van der Waals surface area (Å²) in [5.74, 6) is 1.34. The summed E-state index contributed by atoms with van der Waals surface area (Å²) in [7, 11) is 3.34. The largest absolute Gasteiger partial charge is 0.481 e. The normalized spacial score (nSPS) is 15.6. The van der Waals surface area contributed by atoms with Crippen LogP contribution < -0.4 is 15.4 Å². The molecule has 8 heteroatoms. The number of carbonyl (C=O) groups is 1. The minimum atomic E-state index is -0.226. The van der Waals surface area contributed by atoms with Gasteiger partial charge in [-0.2, -0.15) is 0 Å². The number of hydrogen-bond donors (Lipinski definition) is 2. The van der Waals surface area contributed by atoms with Crippen molar-refractivity contribution in [2.75, 3.05) is 33.9 Å². The van der Waals surface area contributed by atoms with Crippen LogP contribution in [-0.4, -0.2) is 61.8 Å². The molecule has 1 aliphatic rings. The number of aromatic nitrogens is 1. The number of methoxy groups -OCH3 is 1. The number of nitrogens with one attached hydrogen (secondary N) is 2. The minimum absolute atomic E-state index is 0.226. The third-order valence-corrected chi connectivity index (χ3v) is 4.05. The Hall–Kier alpha value is -2.51. The van der Waals surface area contributed by atoms with Gasteiger partial charge < -0.3 is 25.0 Å². The fourth-order valence-electron chi connectivity index (χ4n) is 2.63. The van der Waals surface area contributed by atoms with E-state index >= 15 is 0 Å². The van der Waals surface area contributed by atoms with E-state index in [2.05, 4.69) is 20.6 Å². The van der Waals surface area contributed by atoms with Crippen LogP contribution in [0, 0.1) is 0 Å². The van der Waals surface area contributed by atoms with E-state index in [1.807, 2.05) is 19.1 Å². The molecular weight excluding hydrogens is 322 g/mol. The van der Waals surface area contributed by atoms with Gasteiger partial charge in [0.2, 0.25) is 5.88 Å². The number of pyridine rings is 1. The fraction of sp³-hybridized carbons (Fsp3) is 0.588. The molecule has 0 spiro atoms. The number of aliphatic imine (C=N–C) groups is 1. The van der Waals surface area contributed by atoms with E-state index in [9.17, 15) is 4.79 Å². The maximum Gasteiger partial charge on any atom is 0.409 e. The Labute approximate surface area is 148 Å². The summed E-state index contributed by atoms with van der Waals surface area (Å²) in [6.07, 6.45) is 3.28. The van der Waals surface area contributed by atoms with Crippen molar-refractivity contribution >= 4 is 12.1 Å². The molecule has 25 heavy (non-hydrogen) atoms. The van der Waals surface area contributed by atoms with Gasteiger partial charge in [0.15, 0.2) is 5.96 Å². The maximum atomic E-state index is 11.7. The Morgan fingerprint density at radius 3 is 2.72 bits per heavy atom. The SMILES string of the molecule is CCOC(=O)N1CCC(NC(=NC)NCc2ccc(OC)nc2)CC1. The third-order valence-electron chi connectivity index (χ3n) is 4.05. The van der Waals surface area contributed by atoms with Crippen LogP contribution >= 0.6 is 0 Å². The Morgan fingerprint density at radius 1 is 1.40 bits per heavy atom. The molecule has 138 valence electrons. The zero-order valence-corrected chi connectivity index (χ0v) is 15.1. The van der Waals surface area contributed by atoms with Gasteiger partial charge in [-0.25, -0.2) is 9.78 Å². The molecule has 1 saturated heterocycles. The molecule has 0 bridgehead atoms. The molecule has 0 aliphatic carbocycles. The second-order valence-corrected chi connectivity index (χ2v) is 5.74. The highest BCUT2D eigenvalue weighted by atomic mass is 16.6. The van der Waals surface area contributed by atoms with Crippen LogP contribution in [0.15, 0.2) is 23.3 Å². The van der Waals surface area contributed by atoms with Crippen molar-refractivity contribution in [1.82, 2.24) is 20.5 Å². The topological polar surface area (TPSA) is 88.1 Å². The molecule has 0 aromatic carbocycles. The number of nitrogens with zero attached hydrogens (tertiary/aromatic N) is 3. The Balaban J connectivity index is 1.76. The summed E-state index contributed by atoms with van der Waals surface area (Å²) in [5, 5.41) is 6.68. The van der Waals surface area contributed by atoms with Gasteiger partial charge in [-0.05, 0) is 25.3 Å². The fourth-order valence-corrected chi connectivity index (χ4v) is 2.63. The number of likely N-dealkylation sites (tertiary alicyclic amines) is 1. The lowest BCUT2D eigenvalue weighted by Crippen LogP contribution is -2.49. The summed E-state index contributed by atoms with van der Waals surface area (Å²) in [6, 6.07) is 4.08. The molecule has 1 aliphatic heterocycles. The smallest absolute Gasteiger partial charge is 0.409 e. The van der Waals surface area contributed by atoms with Crippen molar-refractivity contribution in [1.29, 1.82) is 0 Å². The van der Waals surface area contributed by atoms with Gasteiger partial charge in [0.1, 0.15) is 0 Å². The van der Waals surface area contributed by atoms with Gasteiger partial charge in [0, 0.05) is 45.0 Å². The lowest BCUT2D eigenvalue weighted by Gasteiger charge is -2.32. The van der Waals surface area contributed by atoms with Gasteiger partial charge in [0.05, 0.1) is 13.7 Å². The quantitative estimate of drug-likeness (QED) is 0.617. The van der Waals surface area contributed by atoms with Crippen LogP contribution in [0.4, 0.5) is 4.79 Å². The molecule has 2 heterocycles. The van der Waals surface area contributed by atoms with Crippen molar-refractivity contribution in [3.05, 3.63) is 23.9 Å². The lowest BCUT2D eigenvalue weighted by molar-refractivity contribution is 0.0963. The molecule has 1 aromatic rings. The van der Waals surface area contributed by atoms with Crippen molar-refractivity contribution in [3.63, 3.8) is 0 Å². The van der Waals surface area contributed by atoms with Crippen LogP contribution in [-0.2, 0) is 11.3 Å². The van der Waals surface area contributed by atoms with Crippen LogP contribution in [0.2, 0.25) is 0 Å². The Bertz CT molecular complexity index is 568. The minimum Gasteiger partial charge on any atom is -0.481 e. The van der Waals surface area contributed by atoms with Gasteiger partial charge in [-0.15, -0.1) is 0 Å². The van der Waals surface area contributed by atoms with E-state index in [0.717, 1.165) is 24.4 Å². The molecule has 1 fully saturated rings. The van der Waals surface area contributed by atoms with E-state index in [-0.39, 0.29) is 12.1 Å². The first-order valence-corrected chi connectivity index (χ1v) is 8.54. The molecular formula is C17H27N5O3. The standard InChI is InChI=1S/C17H27N5O3/c1-4-25-17(23)22-9-7-14(8-10-22)21-16(18-2)20-12-13-5-6-15(24-3)19-11-13/h5-6,11,14H,4,7-10,12H2,1-3H3,(H2,18,20,21). The van der Waals surface area contributed by atoms with Crippen LogP contribution in [0.1, 0.15) is 25.3 Å². The number of ether oxygens (including phenoxy) is 2. The van der Waals surface area contributed by atoms with Crippen molar-refractivity contribution in [3.8, 4) is 5.88 Å². The second-order valence-electron chi connectivity index (χ2n) is 5.74. The number of carbonyl (C=O) groups excluding carboxylic acids is 1. The average Bonchev–Trinajstić information content (AvgIpc) is 2.66. The highest BCUT2D eigenvalue weighted by molar-refractivity contribution is 5.80. The van der Waals surface area contributed by atoms with E-state index in [1.54, 1.807) is 25.3 Å². The van der Waals surface area contributed by atoms with Crippen LogP contribution in [0.25, 0.3) is 0 Å². The number of hydrogen-bond acceptors (Lipinski definition) is 5. The first kappa shape index (κ1) is 18.8. The second kappa shape index (κ2) is 9.71. The van der Waals surface area contributed by atoms with Crippen molar-refractivity contribution < 1.29 is 14.3 Å². The van der Waals surface area contributed by atoms with Crippen molar-refractivity contribution in [2.45, 2.75) is 32.4 Å². The summed E-state index contributed by atoms with van der Waals surface area (Å²) in [6.45, 7) is 4.23. The predicted octanol–water partition coefficient (Wildman–Crippen LogP) is 1.38. The van der Waals surface area contributed by atoms with Gasteiger partial charge in [0.25, 0.3) is 0 Å². The number of amides is 1. The molecule has 0 saturated carbocycles. The zero-order valence-electron chi connectivity index (χ0n) is 15.1. The van der Waals surface area contributed by atoms with Crippen LogP contribution in [0.5, 0.6) is 5.88 Å². The molecule has 1 aromatic heterocycles. The number of piperidine rings is 1. The third kappa shape index (κ3) is 5.81. The maximum absolute atomic E-state index is 11.7. The van der Waals surface area contributed by atoms with E-state index < -0.39 is 0 Å². The molecule has 8 nitrogen and oxygen atoms in total. The molecule has 2 N–H and O–H groups in total. The first-order chi connectivity index (χ1) is 12.2. The van der Waals surface area contributed by atoms with E-state index in [0.29, 0.717) is 32.1 Å². The lowest BCUT2D eigenvalue weighted by atomic mass is 10.1. The molecule has 0 unspecified atom stereocenters. The molecule has 0 atom stereocenters.